The van der Waals surface area contributed by atoms with E-state index in [2.05, 4.69) is 88.4 Å². The number of benzene rings is 3. The zero-order valence-electron chi connectivity index (χ0n) is 15.3. The molecular formula is C23H21BrN2O. The minimum Gasteiger partial charge on any atom is -0.497 e. The number of ether oxygens (including phenoxy) is 1. The summed E-state index contributed by atoms with van der Waals surface area (Å²) in [5.74, 6) is 0.856. The highest BCUT2D eigenvalue weighted by molar-refractivity contribution is 9.10. The van der Waals surface area contributed by atoms with Gasteiger partial charge in [-0.25, -0.2) is 0 Å². The summed E-state index contributed by atoms with van der Waals surface area (Å²) < 4.78 is 6.37. The van der Waals surface area contributed by atoms with Crippen molar-refractivity contribution < 1.29 is 4.74 Å². The predicted molar refractivity (Wildman–Crippen MR) is 115 cm³/mol. The molecule has 0 N–H and O–H groups in total. The quantitative estimate of drug-likeness (QED) is 0.528. The van der Waals surface area contributed by atoms with Crippen LogP contribution >= 0.6 is 15.9 Å². The van der Waals surface area contributed by atoms with E-state index < -0.39 is 0 Å². The molecule has 136 valence electrons. The van der Waals surface area contributed by atoms with E-state index in [0.29, 0.717) is 0 Å². The van der Waals surface area contributed by atoms with Crippen LogP contribution in [0.3, 0.4) is 0 Å². The lowest BCUT2D eigenvalue weighted by atomic mass is 10.0. The van der Waals surface area contributed by atoms with E-state index in [4.69, 9.17) is 9.73 Å². The maximum Gasteiger partial charge on any atom is 0.148 e. The van der Waals surface area contributed by atoms with Crippen LogP contribution in [0.5, 0.6) is 5.75 Å². The summed E-state index contributed by atoms with van der Waals surface area (Å²) in [6.07, 6.45) is -0.0422. The first-order valence-electron chi connectivity index (χ1n) is 8.98. The summed E-state index contributed by atoms with van der Waals surface area (Å²) in [4.78, 5) is 7.51. The Labute approximate surface area is 168 Å². The molecule has 0 saturated carbocycles. The molecule has 0 aromatic heterocycles. The van der Waals surface area contributed by atoms with Crippen molar-refractivity contribution in [2.45, 2.75) is 19.1 Å². The molecule has 0 spiro atoms. The van der Waals surface area contributed by atoms with Crippen LogP contribution in [-0.2, 0) is 0 Å². The van der Waals surface area contributed by atoms with Gasteiger partial charge in [0.1, 0.15) is 11.9 Å². The number of halogens is 1. The molecule has 4 heteroatoms. The maximum absolute atomic E-state index is 5.30. The smallest absolute Gasteiger partial charge is 0.148 e. The van der Waals surface area contributed by atoms with Gasteiger partial charge < -0.3 is 9.64 Å². The van der Waals surface area contributed by atoms with Gasteiger partial charge in [-0.3, -0.25) is 4.99 Å². The standard InChI is InChI=1S/C23H21BrN2O/c1-16-22(17-8-14-21(27-2)15-9-17)25-23(18-6-4-3-5-7-18)26(16)20-12-10-19(24)11-13-20/h3-16,23H,1-2H3. The van der Waals surface area contributed by atoms with E-state index in [0.717, 1.165) is 27.2 Å². The van der Waals surface area contributed by atoms with E-state index in [-0.39, 0.29) is 12.2 Å². The van der Waals surface area contributed by atoms with E-state index in [1.807, 2.05) is 18.2 Å². The van der Waals surface area contributed by atoms with Crippen molar-refractivity contribution in [2.24, 2.45) is 4.99 Å². The van der Waals surface area contributed by atoms with Crippen LogP contribution in [0.4, 0.5) is 5.69 Å². The Morgan fingerprint density at radius 1 is 0.889 bits per heavy atom. The highest BCUT2D eigenvalue weighted by atomic mass is 79.9. The van der Waals surface area contributed by atoms with Crippen LogP contribution in [0.25, 0.3) is 0 Å². The van der Waals surface area contributed by atoms with Gasteiger partial charge in [-0.2, -0.15) is 0 Å². The summed E-state index contributed by atoms with van der Waals surface area (Å²) in [7, 11) is 1.69. The summed E-state index contributed by atoms with van der Waals surface area (Å²) in [6, 6.07) is 27.2. The molecule has 0 bridgehead atoms. The number of anilines is 1. The number of hydrogen-bond donors (Lipinski definition) is 0. The molecule has 1 aliphatic rings. The van der Waals surface area contributed by atoms with Crippen molar-refractivity contribution in [3.8, 4) is 5.75 Å². The van der Waals surface area contributed by atoms with Gasteiger partial charge >= 0.3 is 0 Å². The number of methoxy groups -OCH3 is 1. The summed E-state index contributed by atoms with van der Waals surface area (Å²) >= 11 is 3.53. The minimum atomic E-state index is -0.0422. The molecule has 3 aromatic rings. The van der Waals surface area contributed by atoms with Gasteiger partial charge in [0.25, 0.3) is 0 Å². The van der Waals surface area contributed by atoms with Gasteiger partial charge in [0.15, 0.2) is 0 Å². The van der Waals surface area contributed by atoms with Crippen molar-refractivity contribution in [1.29, 1.82) is 0 Å². The second-order valence-corrected chi connectivity index (χ2v) is 7.50. The Morgan fingerprint density at radius 2 is 1.56 bits per heavy atom. The third-order valence-corrected chi connectivity index (χ3v) is 5.47. The lowest BCUT2D eigenvalue weighted by Gasteiger charge is -2.30. The number of nitrogens with zero attached hydrogens (tertiary/aromatic N) is 2. The topological polar surface area (TPSA) is 24.8 Å². The summed E-state index contributed by atoms with van der Waals surface area (Å²) in [6.45, 7) is 2.22. The number of aliphatic imine (C=N–C) groups is 1. The van der Waals surface area contributed by atoms with Crippen LogP contribution in [-0.4, -0.2) is 18.9 Å². The highest BCUT2D eigenvalue weighted by Gasteiger charge is 2.35. The van der Waals surface area contributed by atoms with Crippen molar-refractivity contribution >= 4 is 27.3 Å². The molecule has 0 amide bonds. The zero-order valence-corrected chi connectivity index (χ0v) is 16.9. The lowest BCUT2D eigenvalue weighted by molar-refractivity contribution is 0.415. The predicted octanol–water partition coefficient (Wildman–Crippen LogP) is 5.85. The molecule has 1 heterocycles. The SMILES string of the molecule is COc1ccc(C2=NC(c3ccccc3)N(c3ccc(Br)cc3)C2C)cc1. The second kappa shape index (κ2) is 7.57. The van der Waals surface area contributed by atoms with E-state index in [9.17, 15) is 0 Å². The fourth-order valence-corrected chi connectivity index (χ4v) is 3.83. The third-order valence-electron chi connectivity index (χ3n) is 4.95. The largest absolute Gasteiger partial charge is 0.497 e. The molecule has 3 nitrogen and oxygen atoms in total. The molecule has 0 saturated heterocycles. The molecule has 4 rings (SSSR count). The molecule has 1 aliphatic heterocycles. The molecule has 0 aliphatic carbocycles. The highest BCUT2D eigenvalue weighted by Crippen LogP contribution is 2.37. The van der Waals surface area contributed by atoms with Crippen LogP contribution in [0.2, 0.25) is 0 Å². The Morgan fingerprint density at radius 3 is 2.19 bits per heavy atom. The van der Waals surface area contributed by atoms with Crippen LogP contribution in [0.1, 0.15) is 24.2 Å². The van der Waals surface area contributed by atoms with Crippen molar-refractivity contribution in [3.63, 3.8) is 0 Å². The minimum absolute atomic E-state index is 0.0422. The van der Waals surface area contributed by atoms with Gasteiger partial charge in [-0.15, -0.1) is 0 Å². The Kier molecular flexibility index (Phi) is 4.99. The second-order valence-electron chi connectivity index (χ2n) is 6.59. The van der Waals surface area contributed by atoms with Gasteiger partial charge in [0.05, 0.1) is 18.9 Å². The Hall–Kier alpha value is -2.59. The van der Waals surface area contributed by atoms with E-state index in [1.54, 1.807) is 7.11 Å². The van der Waals surface area contributed by atoms with Crippen molar-refractivity contribution in [1.82, 2.24) is 0 Å². The first-order valence-corrected chi connectivity index (χ1v) is 9.77. The molecule has 3 aromatic carbocycles. The lowest BCUT2D eigenvalue weighted by Crippen LogP contribution is -2.35. The van der Waals surface area contributed by atoms with Crippen LogP contribution < -0.4 is 9.64 Å². The van der Waals surface area contributed by atoms with Crippen LogP contribution in [0, 0.1) is 0 Å². The van der Waals surface area contributed by atoms with Crippen molar-refractivity contribution in [2.75, 3.05) is 12.0 Å². The molecular weight excluding hydrogens is 400 g/mol. The Bertz CT molecular complexity index is 936. The third kappa shape index (κ3) is 3.50. The normalized spacial score (nSPS) is 19.1. The summed E-state index contributed by atoms with van der Waals surface area (Å²) in [5, 5.41) is 0. The van der Waals surface area contributed by atoms with Gasteiger partial charge in [0.2, 0.25) is 0 Å². The van der Waals surface area contributed by atoms with Gasteiger partial charge in [-0.1, -0.05) is 46.3 Å². The Balaban J connectivity index is 1.77. The van der Waals surface area contributed by atoms with Gasteiger partial charge in [-0.05, 0) is 66.6 Å². The average Bonchev–Trinajstić information content (AvgIpc) is 3.06. The first kappa shape index (κ1) is 17.8. The van der Waals surface area contributed by atoms with Crippen LogP contribution in [0.15, 0.2) is 88.3 Å². The molecule has 0 radical (unpaired) electrons. The average molecular weight is 421 g/mol. The fourth-order valence-electron chi connectivity index (χ4n) is 3.56. The monoisotopic (exact) mass is 420 g/mol. The molecule has 2 unspecified atom stereocenters. The van der Waals surface area contributed by atoms with E-state index in [1.165, 1.54) is 5.56 Å². The molecule has 27 heavy (non-hydrogen) atoms. The summed E-state index contributed by atoms with van der Waals surface area (Å²) in [5.41, 5.74) is 4.57. The van der Waals surface area contributed by atoms with E-state index >= 15 is 0 Å². The zero-order chi connectivity index (χ0) is 18.8. The molecule has 0 fully saturated rings. The number of rotatable bonds is 4. The maximum atomic E-state index is 5.30. The first-order chi connectivity index (χ1) is 13.2. The van der Waals surface area contributed by atoms with Gasteiger partial charge in [0, 0.05) is 10.2 Å². The number of hydrogen-bond acceptors (Lipinski definition) is 3. The van der Waals surface area contributed by atoms with Crippen molar-refractivity contribution in [3.05, 3.63) is 94.5 Å². The molecule has 2 atom stereocenters. The fraction of sp³-hybridized carbons (Fsp3) is 0.174.